The van der Waals surface area contributed by atoms with Gasteiger partial charge in [-0.3, -0.25) is 9.36 Å². The second kappa shape index (κ2) is 11.1. The number of esters is 1. The van der Waals surface area contributed by atoms with Crippen molar-refractivity contribution in [3.8, 4) is 5.75 Å². The molecule has 0 N–H and O–H groups in total. The molecule has 4 heterocycles. The Kier molecular flexibility index (Phi) is 7.63. The zero-order valence-corrected chi connectivity index (χ0v) is 23.7. The molecule has 0 saturated heterocycles. The number of thiazole rings is 1. The SMILES string of the molecule is CCOC(=O)C1=C(C)N=c2s/c(=C/c3cc(Br)c(Sc4ncccn4)o3)c(=O)n2[C@@H]1c1cccc(OC)c1. The Morgan fingerprint density at radius 2 is 2.05 bits per heavy atom. The van der Waals surface area contributed by atoms with E-state index < -0.39 is 12.0 Å². The molecule has 0 aliphatic carbocycles. The quantitative estimate of drug-likeness (QED) is 0.227. The van der Waals surface area contributed by atoms with Gasteiger partial charge >= 0.3 is 5.97 Å². The first-order valence-corrected chi connectivity index (χ1v) is 13.9. The number of ether oxygens (including phenoxy) is 2. The minimum atomic E-state index is -0.729. The Bertz CT molecular complexity index is 1730. The zero-order valence-electron chi connectivity index (χ0n) is 20.5. The van der Waals surface area contributed by atoms with Crippen molar-refractivity contribution in [2.45, 2.75) is 30.1 Å². The Balaban J connectivity index is 1.62. The predicted octanol–water partition coefficient (Wildman–Crippen LogP) is 4.10. The largest absolute Gasteiger partial charge is 0.497 e. The van der Waals surface area contributed by atoms with Gasteiger partial charge in [0.2, 0.25) is 0 Å². The van der Waals surface area contributed by atoms with Crippen molar-refractivity contribution in [2.24, 2.45) is 4.99 Å². The fourth-order valence-electron chi connectivity index (χ4n) is 3.98. The molecule has 1 aliphatic heterocycles. The standard InChI is InChI=1S/C26H21BrN4O5S2/c1-4-35-23(33)20-14(2)30-26-31(21(20)15-7-5-8-16(11-15)34-3)22(32)19(37-26)13-17-12-18(27)24(36-17)38-25-28-9-6-10-29-25/h5-13,21H,4H2,1-3H3/b19-13+/t21-/m1/s1. The van der Waals surface area contributed by atoms with E-state index in [0.29, 0.717) is 52.4 Å². The number of carbonyl (C=O) groups excluding carboxylic acids is 1. The van der Waals surface area contributed by atoms with Gasteiger partial charge in [-0.1, -0.05) is 23.5 Å². The van der Waals surface area contributed by atoms with Crippen molar-refractivity contribution in [3.05, 3.63) is 95.5 Å². The van der Waals surface area contributed by atoms with E-state index in [-0.39, 0.29) is 12.2 Å². The smallest absolute Gasteiger partial charge is 0.338 e. The number of hydrogen-bond donors (Lipinski definition) is 0. The van der Waals surface area contributed by atoms with Crippen LogP contribution in [0.5, 0.6) is 5.75 Å². The molecule has 0 fully saturated rings. The fourth-order valence-corrected chi connectivity index (χ4v) is 6.24. The lowest BCUT2D eigenvalue weighted by Crippen LogP contribution is -2.39. The first-order chi connectivity index (χ1) is 18.4. The van der Waals surface area contributed by atoms with Gasteiger partial charge in [0.15, 0.2) is 15.1 Å². The number of benzene rings is 1. The topological polar surface area (TPSA) is 109 Å². The molecule has 12 heteroatoms. The van der Waals surface area contributed by atoms with Gasteiger partial charge in [-0.15, -0.1) is 0 Å². The minimum Gasteiger partial charge on any atom is -0.497 e. The van der Waals surface area contributed by atoms with Crippen LogP contribution in [0.4, 0.5) is 0 Å². The highest BCUT2D eigenvalue weighted by molar-refractivity contribution is 9.10. The summed E-state index contributed by atoms with van der Waals surface area (Å²) in [5.74, 6) is 0.561. The summed E-state index contributed by atoms with van der Waals surface area (Å²) in [6, 6.07) is 10.1. The highest BCUT2D eigenvalue weighted by atomic mass is 79.9. The van der Waals surface area contributed by atoms with E-state index in [1.54, 1.807) is 63.7 Å². The molecule has 194 valence electrons. The van der Waals surface area contributed by atoms with E-state index in [9.17, 15) is 9.59 Å². The summed E-state index contributed by atoms with van der Waals surface area (Å²) in [5.41, 5.74) is 1.20. The molecule has 4 aromatic rings. The van der Waals surface area contributed by atoms with Crippen LogP contribution < -0.4 is 19.6 Å². The molecule has 0 spiro atoms. The Hall–Kier alpha value is -3.48. The van der Waals surface area contributed by atoms with Gasteiger partial charge in [0.25, 0.3) is 5.56 Å². The molecule has 1 atom stereocenters. The number of rotatable bonds is 7. The number of halogens is 1. The average Bonchev–Trinajstić information content (AvgIpc) is 3.41. The summed E-state index contributed by atoms with van der Waals surface area (Å²) in [6.07, 6.45) is 4.97. The number of nitrogens with zero attached hydrogens (tertiary/aromatic N) is 4. The fraction of sp³-hybridized carbons (Fsp3) is 0.192. The summed E-state index contributed by atoms with van der Waals surface area (Å²) < 4.78 is 19.4. The predicted molar refractivity (Wildman–Crippen MR) is 146 cm³/mol. The van der Waals surface area contributed by atoms with Crippen LogP contribution in [0.25, 0.3) is 6.08 Å². The van der Waals surface area contributed by atoms with Crippen molar-refractivity contribution in [2.75, 3.05) is 13.7 Å². The molecular weight excluding hydrogens is 592 g/mol. The Labute approximate surface area is 233 Å². The minimum absolute atomic E-state index is 0.201. The summed E-state index contributed by atoms with van der Waals surface area (Å²) in [5, 5.41) is 1.10. The lowest BCUT2D eigenvalue weighted by atomic mass is 9.95. The van der Waals surface area contributed by atoms with Gasteiger partial charge in [-0.25, -0.2) is 19.8 Å². The van der Waals surface area contributed by atoms with Crippen LogP contribution in [0.15, 0.2) is 89.0 Å². The van der Waals surface area contributed by atoms with E-state index in [2.05, 4.69) is 30.9 Å². The van der Waals surface area contributed by atoms with Crippen molar-refractivity contribution >= 4 is 51.1 Å². The van der Waals surface area contributed by atoms with E-state index in [1.165, 1.54) is 27.7 Å². The lowest BCUT2D eigenvalue weighted by Gasteiger charge is -2.24. The summed E-state index contributed by atoms with van der Waals surface area (Å²) >= 11 is 5.99. The first-order valence-electron chi connectivity index (χ1n) is 11.5. The zero-order chi connectivity index (χ0) is 26.8. The number of hydrogen-bond acceptors (Lipinski definition) is 10. The number of furan rings is 1. The number of allylic oxidation sites excluding steroid dienone is 1. The molecule has 9 nitrogen and oxygen atoms in total. The number of carbonyl (C=O) groups is 1. The summed E-state index contributed by atoms with van der Waals surface area (Å²) in [7, 11) is 1.57. The van der Waals surface area contributed by atoms with Crippen LogP contribution >= 0.6 is 39.0 Å². The maximum atomic E-state index is 13.8. The Morgan fingerprint density at radius 3 is 2.79 bits per heavy atom. The molecule has 0 radical (unpaired) electrons. The number of methoxy groups -OCH3 is 1. The first kappa shape index (κ1) is 26.1. The lowest BCUT2D eigenvalue weighted by molar-refractivity contribution is -0.139. The third-order valence-corrected chi connectivity index (χ3v) is 8.32. The molecule has 0 saturated carbocycles. The highest BCUT2D eigenvalue weighted by Crippen LogP contribution is 2.35. The van der Waals surface area contributed by atoms with Crippen LogP contribution in [0.3, 0.4) is 0 Å². The average molecular weight is 614 g/mol. The van der Waals surface area contributed by atoms with Crippen LogP contribution in [-0.4, -0.2) is 34.2 Å². The monoisotopic (exact) mass is 612 g/mol. The van der Waals surface area contributed by atoms with Gasteiger partial charge in [-0.05, 0) is 71.4 Å². The van der Waals surface area contributed by atoms with Crippen molar-refractivity contribution < 1.29 is 18.7 Å². The van der Waals surface area contributed by atoms with Gasteiger partial charge < -0.3 is 13.9 Å². The summed E-state index contributed by atoms with van der Waals surface area (Å²) in [4.78, 5) is 40.3. The highest BCUT2D eigenvalue weighted by Gasteiger charge is 2.33. The van der Waals surface area contributed by atoms with Gasteiger partial charge in [0.1, 0.15) is 11.5 Å². The molecule has 38 heavy (non-hydrogen) atoms. The molecular formula is C26H21BrN4O5S2. The van der Waals surface area contributed by atoms with Crippen molar-refractivity contribution in [1.82, 2.24) is 14.5 Å². The molecule has 0 amide bonds. The molecule has 3 aromatic heterocycles. The normalized spacial score (nSPS) is 15.3. The van der Waals surface area contributed by atoms with Gasteiger partial charge in [0, 0.05) is 18.5 Å². The second-order valence-corrected chi connectivity index (χ2v) is 10.8. The van der Waals surface area contributed by atoms with E-state index in [1.807, 2.05) is 12.1 Å². The van der Waals surface area contributed by atoms with Crippen molar-refractivity contribution in [3.63, 3.8) is 0 Å². The van der Waals surface area contributed by atoms with Crippen LogP contribution in [0, 0.1) is 0 Å². The summed E-state index contributed by atoms with van der Waals surface area (Å²) in [6.45, 7) is 3.68. The molecule has 0 unspecified atom stereocenters. The van der Waals surface area contributed by atoms with E-state index in [0.717, 1.165) is 0 Å². The van der Waals surface area contributed by atoms with Gasteiger partial charge in [0.05, 0.1) is 40.0 Å². The van der Waals surface area contributed by atoms with Crippen LogP contribution in [0.1, 0.15) is 31.2 Å². The van der Waals surface area contributed by atoms with E-state index >= 15 is 0 Å². The van der Waals surface area contributed by atoms with Crippen LogP contribution in [0.2, 0.25) is 0 Å². The third kappa shape index (κ3) is 5.11. The molecule has 0 bridgehead atoms. The molecule has 5 rings (SSSR count). The maximum Gasteiger partial charge on any atom is 0.338 e. The van der Waals surface area contributed by atoms with Crippen molar-refractivity contribution in [1.29, 1.82) is 0 Å². The van der Waals surface area contributed by atoms with Crippen LogP contribution in [-0.2, 0) is 9.53 Å². The van der Waals surface area contributed by atoms with E-state index in [4.69, 9.17) is 13.9 Å². The second-order valence-electron chi connectivity index (χ2n) is 8.00. The number of fused-ring (bicyclic) bond motifs is 1. The molecule has 1 aromatic carbocycles. The Morgan fingerprint density at radius 1 is 1.26 bits per heavy atom. The molecule has 1 aliphatic rings. The number of aromatic nitrogens is 3. The van der Waals surface area contributed by atoms with Gasteiger partial charge in [-0.2, -0.15) is 0 Å². The maximum absolute atomic E-state index is 13.8. The third-order valence-electron chi connectivity index (χ3n) is 5.60.